The molecule has 0 radical (unpaired) electrons. The van der Waals surface area contributed by atoms with Crippen LogP contribution in [0.25, 0.3) is 11.3 Å². The number of carbonyl (C=O) groups is 1. The molecule has 166 valence electrons. The number of nitrogens with one attached hydrogen (secondary N) is 1. The van der Waals surface area contributed by atoms with Gasteiger partial charge in [0.15, 0.2) is 11.5 Å². The van der Waals surface area contributed by atoms with Crippen molar-refractivity contribution in [3.63, 3.8) is 0 Å². The van der Waals surface area contributed by atoms with Crippen molar-refractivity contribution in [1.82, 2.24) is 15.1 Å². The average molecular weight is 435 g/mol. The molecule has 1 heterocycles. The van der Waals surface area contributed by atoms with Crippen molar-refractivity contribution in [2.24, 2.45) is 0 Å². The number of aromatic nitrogens is 2. The number of amides is 1. The van der Waals surface area contributed by atoms with Crippen LogP contribution in [0.4, 0.5) is 0 Å². The summed E-state index contributed by atoms with van der Waals surface area (Å²) in [5.41, 5.74) is 3.21. The van der Waals surface area contributed by atoms with E-state index in [2.05, 4.69) is 10.4 Å². The van der Waals surface area contributed by atoms with Crippen LogP contribution in [-0.2, 0) is 17.8 Å². The zero-order valence-corrected chi connectivity index (χ0v) is 18.3. The molecule has 0 aliphatic heterocycles. The molecular weight excluding hydrogens is 410 g/mol. The fourth-order valence-corrected chi connectivity index (χ4v) is 3.94. The van der Waals surface area contributed by atoms with Gasteiger partial charge in [-0.3, -0.25) is 9.59 Å². The predicted octanol–water partition coefficient (Wildman–Crippen LogP) is 2.74. The summed E-state index contributed by atoms with van der Waals surface area (Å²) in [6, 6.07) is 14.1. The SMILES string of the molecule is COc1ccc(-c2ccc(=O)n(CC(=O)N[C@H]3CCc4cc(OC)c(OC)cc43)n2)cc1. The lowest BCUT2D eigenvalue weighted by Crippen LogP contribution is -2.35. The highest BCUT2D eigenvalue weighted by Crippen LogP contribution is 2.39. The van der Waals surface area contributed by atoms with Crippen LogP contribution in [0, 0.1) is 0 Å². The number of fused-ring (bicyclic) bond motifs is 1. The van der Waals surface area contributed by atoms with E-state index in [1.165, 1.54) is 10.7 Å². The van der Waals surface area contributed by atoms with Gasteiger partial charge < -0.3 is 19.5 Å². The fourth-order valence-electron chi connectivity index (χ4n) is 3.94. The number of benzene rings is 2. The van der Waals surface area contributed by atoms with Crippen LogP contribution in [0.3, 0.4) is 0 Å². The van der Waals surface area contributed by atoms with Gasteiger partial charge in [-0.2, -0.15) is 5.10 Å². The van der Waals surface area contributed by atoms with E-state index in [9.17, 15) is 9.59 Å². The highest BCUT2D eigenvalue weighted by atomic mass is 16.5. The van der Waals surface area contributed by atoms with Gasteiger partial charge >= 0.3 is 0 Å². The van der Waals surface area contributed by atoms with Gasteiger partial charge in [-0.1, -0.05) is 0 Å². The summed E-state index contributed by atoms with van der Waals surface area (Å²) in [5.74, 6) is 1.74. The van der Waals surface area contributed by atoms with Crippen molar-refractivity contribution in [3.05, 3.63) is 70.0 Å². The molecule has 32 heavy (non-hydrogen) atoms. The zero-order valence-electron chi connectivity index (χ0n) is 18.3. The minimum Gasteiger partial charge on any atom is -0.497 e. The molecule has 0 saturated heterocycles. The van der Waals surface area contributed by atoms with Gasteiger partial charge in [0.1, 0.15) is 12.3 Å². The normalized spacial score (nSPS) is 14.5. The second-order valence-electron chi connectivity index (χ2n) is 7.51. The molecule has 1 N–H and O–H groups in total. The van der Waals surface area contributed by atoms with Gasteiger partial charge in [0.25, 0.3) is 5.56 Å². The molecule has 1 aliphatic rings. The molecule has 0 unspecified atom stereocenters. The molecule has 1 aliphatic carbocycles. The summed E-state index contributed by atoms with van der Waals surface area (Å²) < 4.78 is 17.1. The minimum atomic E-state index is -0.337. The number of nitrogens with zero attached hydrogens (tertiary/aromatic N) is 2. The van der Waals surface area contributed by atoms with Crippen LogP contribution in [0.2, 0.25) is 0 Å². The summed E-state index contributed by atoms with van der Waals surface area (Å²) in [6.07, 6.45) is 1.59. The Kier molecular flexibility index (Phi) is 6.11. The summed E-state index contributed by atoms with van der Waals surface area (Å²) in [5, 5.41) is 7.40. The van der Waals surface area contributed by atoms with Gasteiger partial charge in [0.05, 0.1) is 33.1 Å². The first-order chi connectivity index (χ1) is 15.5. The van der Waals surface area contributed by atoms with Crippen LogP contribution in [0.1, 0.15) is 23.6 Å². The van der Waals surface area contributed by atoms with E-state index >= 15 is 0 Å². The van der Waals surface area contributed by atoms with E-state index in [1.807, 2.05) is 36.4 Å². The highest BCUT2D eigenvalue weighted by Gasteiger charge is 2.26. The minimum absolute atomic E-state index is 0.155. The quantitative estimate of drug-likeness (QED) is 0.614. The smallest absolute Gasteiger partial charge is 0.267 e. The van der Waals surface area contributed by atoms with Gasteiger partial charge in [-0.25, -0.2) is 4.68 Å². The van der Waals surface area contributed by atoms with Gasteiger partial charge in [-0.05, 0) is 66.4 Å². The molecule has 1 atom stereocenters. The topological polar surface area (TPSA) is 91.7 Å². The number of hydrogen-bond donors (Lipinski definition) is 1. The number of methoxy groups -OCH3 is 3. The largest absolute Gasteiger partial charge is 0.497 e. The first-order valence-electron chi connectivity index (χ1n) is 10.3. The maximum atomic E-state index is 12.8. The third-order valence-corrected chi connectivity index (χ3v) is 5.60. The summed E-state index contributed by atoms with van der Waals surface area (Å²) in [4.78, 5) is 25.1. The number of hydrogen-bond acceptors (Lipinski definition) is 6. The van der Waals surface area contributed by atoms with E-state index in [1.54, 1.807) is 27.4 Å². The van der Waals surface area contributed by atoms with Crippen LogP contribution < -0.4 is 25.1 Å². The third kappa shape index (κ3) is 4.30. The molecule has 1 amide bonds. The molecule has 3 aromatic rings. The standard InChI is InChI=1S/C24H25N3O5/c1-30-17-7-4-15(5-8-17)19-10-11-24(29)27(26-19)14-23(28)25-20-9-6-16-12-21(31-2)22(32-3)13-18(16)20/h4-5,7-8,10-13,20H,6,9,14H2,1-3H3,(H,25,28)/t20-/m0/s1. The van der Waals surface area contributed by atoms with Crippen molar-refractivity contribution >= 4 is 5.91 Å². The molecule has 0 saturated carbocycles. The summed E-state index contributed by atoms with van der Waals surface area (Å²) in [7, 11) is 4.78. The maximum absolute atomic E-state index is 12.8. The van der Waals surface area contributed by atoms with Crippen molar-refractivity contribution in [2.45, 2.75) is 25.4 Å². The molecule has 2 aromatic carbocycles. The van der Waals surface area contributed by atoms with Gasteiger partial charge in [0.2, 0.25) is 5.91 Å². The van der Waals surface area contributed by atoms with Crippen LogP contribution in [0.15, 0.2) is 53.3 Å². The second-order valence-corrected chi connectivity index (χ2v) is 7.51. The predicted molar refractivity (Wildman–Crippen MR) is 119 cm³/mol. The zero-order chi connectivity index (χ0) is 22.7. The van der Waals surface area contributed by atoms with E-state index in [0.29, 0.717) is 17.2 Å². The second kappa shape index (κ2) is 9.13. The fraction of sp³-hybridized carbons (Fsp3) is 0.292. The molecule has 4 rings (SSSR count). The highest BCUT2D eigenvalue weighted by molar-refractivity contribution is 5.76. The Labute approximate surface area is 185 Å². The molecule has 0 bridgehead atoms. The van der Waals surface area contributed by atoms with Crippen LogP contribution in [0.5, 0.6) is 17.2 Å². The van der Waals surface area contributed by atoms with Crippen molar-refractivity contribution in [2.75, 3.05) is 21.3 Å². The van der Waals surface area contributed by atoms with Crippen molar-refractivity contribution in [1.29, 1.82) is 0 Å². The van der Waals surface area contributed by atoms with E-state index in [0.717, 1.165) is 35.3 Å². The van der Waals surface area contributed by atoms with Gasteiger partial charge in [0, 0.05) is 11.6 Å². The van der Waals surface area contributed by atoms with E-state index < -0.39 is 0 Å². The van der Waals surface area contributed by atoms with Crippen molar-refractivity contribution < 1.29 is 19.0 Å². The first kappa shape index (κ1) is 21.4. The summed E-state index contributed by atoms with van der Waals surface area (Å²) in [6.45, 7) is -0.165. The Morgan fingerprint density at radius 2 is 1.75 bits per heavy atom. The molecule has 0 fully saturated rings. The first-order valence-corrected chi connectivity index (χ1v) is 10.3. The molecule has 8 nitrogen and oxygen atoms in total. The maximum Gasteiger partial charge on any atom is 0.267 e. The summed E-state index contributed by atoms with van der Waals surface area (Å²) >= 11 is 0. The lowest BCUT2D eigenvalue weighted by Gasteiger charge is -2.16. The van der Waals surface area contributed by atoms with E-state index in [4.69, 9.17) is 14.2 Å². The Hall–Kier alpha value is -3.81. The van der Waals surface area contributed by atoms with Crippen molar-refractivity contribution in [3.8, 4) is 28.5 Å². The Bertz CT molecular complexity index is 1190. The molecule has 8 heteroatoms. The van der Waals surface area contributed by atoms with Crippen LogP contribution >= 0.6 is 0 Å². The lowest BCUT2D eigenvalue weighted by molar-refractivity contribution is -0.122. The Morgan fingerprint density at radius 1 is 1.03 bits per heavy atom. The number of carbonyl (C=O) groups excluding carboxylic acids is 1. The van der Waals surface area contributed by atoms with E-state index in [-0.39, 0.29) is 24.1 Å². The Balaban J connectivity index is 1.50. The molecule has 1 aromatic heterocycles. The van der Waals surface area contributed by atoms with Crippen LogP contribution in [-0.4, -0.2) is 37.0 Å². The number of rotatable bonds is 7. The Morgan fingerprint density at radius 3 is 2.44 bits per heavy atom. The monoisotopic (exact) mass is 435 g/mol. The lowest BCUT2D eigenvalue weighted by atomic mass is 10.1. The third-order valence-electron chi connectivity index (χ3n) is 5.60. The molecule has 0 spiro atoms. The number of ether oxygens (including phenoxy) is 3. The average Bonchev–Trinajstić information content (AvgIpc) is 3.20. The molecular formula is C24H25N3O5. The number of aryl methyl sites for hydroxylation is 1. The van der Waals surface area contributed by atoms with Gasteiger partial charge in [-0.15, -0.1) is 0 Å².